The highest BCUT2D eigenvalue weighted by atomic mass is 35.5. The molecule has 6 nitrogen and oxygen atoms in total. The zero-order valence-corrected chi connectivity index (χ0v) is 21.8. The van der Waals surface area contributed by atoms with Gasteiger partial charge in [0.05, 0.1) is 20.8 Å². The molecule has 188 valence electrons. The fourth-order valence-corrected chi connectivity index (χ4v) is 4.62. The van der Waals surface area contributed by atoms with Crippen molar-refractivity contribution in [1.29, 1.82) is 0 Å². The first-order valence-electron chi connectivity index (χ1n) is 10.9. The third-order valence-electron chi connectivity index (χ3n) is 6.34. The Morgan fingerprint density at radius 1 is 0.971 bits per heavy atom. The minimum absolute atomic E-state index is 0. The Kier molecular flexibility index (Phi) is 10.7. The van der Waals surface area contributed by atoms with Gasteiger partial charge in [0.2, 0.25) is 5.91 Å². The van der Waals surface area contributed by atoms with Crippen LogP contribution in [0.15, 0.2) is 30.3 Å². The number of piperazine rings is 1. The van der Waals surface area contributed by atoms with E-state index in [2.05, 4.69) is 9.80 Å². The number of benzene rings is 2. The first kappa shape index (κ1) is 28.5. The number of ether oxygens (including phenoxy) is 2. The van der Waals surface area contributed by atoms with Crippen LogP contribution in [0, 0.1) is 5.82 Å². The molecular weight excluding hydrogens is 504 g/mol. The third-order valence-corrected chi connectivity index (χ3v) is 6.69. The Morgan fingerprint density at radius 2 is 1.59 bits per heavy atom. The van der Waals surface area contributed by atoms with Crippen LogP contribution >= 0.6 is 36.4 Å². The van der Waals surface area contributed by atoms with Crippen LogP contribution in [0.2, 0.25) is 5.02 Å². The number of fused-ring (bicyclic) bond motifs is 1. The van der Waals surface area contributed by atoms with Crippen LogP contribution in [0.1, 0.15) is 16.7 Å². The molecule has 2 heterocycles. The lowest BCUT2D eigenvalue weighted by Gasteiger charge is -2.36. The number of methoxy groups -OCH3 is 2. The van der Waals surface area contributed by atoms with Gasteiger partial charge in [-0.1, -0.05) is 17.7 Å². The van der Waals surface area contributed by atoms with Gasteiger partial charge in [-0.05, 0) is 41.8 Å². The van der Waals surface area contributed by atoms with Crippen molar-refractivity contribution in [2.75, 3.05) is 53.5 Å². The molecule has 2 aromatic rings. The van der Waals surface area contributed by atoms with Crippen molar-refractivity contribution < 1.29 is 18.7 Å². The van der Waals surface area contributed by atoms with E-state index in [1.165, 1.54) is 11.6 Å². The zero-order valence-electron chi connectivity index (χ0n) is 19.4. The summed E-state index contributed by atoms with van der Waals surface area (Å²) in [5.74, 6) is 1.28. The lowest BCUT2D eigenvalue weighted by atomic mass is 9.98. The van der Waals surface area contributed by atoms with Gasteiger partial charge in [0, 0.05) is 56.4 Å². The molecule has 1 fully saturated rings. The van der Waals surface area contributed by atoms with Gasteiger partial charge in [-0.15, -0.1) is 24.8 Å². The van der Waals surface area contributed by atoms with E-state index in [0.717, 1.165) is 43.9 Å². The second kappa shape index (κ2) is 12.8. The maximum absolute atomic E-state index is 14.1. The molecule has 0 radical (unpaired) electrons. The van der Waals surface area contributed by atoms with Gasteiger partial charge in [-0.3, -0.25) is 14.6 Å². The SMILES string of the molecule is COc1cc2c(cc1OC)CN(C(=O)CN1CCN(Cc3c(F)cccc3Cl)CC1)CC2.Cl.Cl. The van der Waals surface area contributed by atoms with Gasteiger partial charge in [0.25, 0.3) is 0 Å². The summed E-state index contributed by atoms with van der Waals surface area (Å²) in [6.45, 7) is 5.27. The summed E-state index contributed by atoms with van der Waals surface area (Å²) in [6.07, 6.45) is 0.804. The van der Waals surface area contributed by atoms with Crippen molar-refractivity contribution in [3.8, 4) is 11.5 Å². The molecule has 0 unspecified atom stereocenters. The summed E-state index contributed by atoms with van der Waals surface area (Å²) in [4.78, 5) is 19.2. The van der Waals surface area contributed by atoms with E-state index >= 15 is 0 Å². The third kappa shape index (κ3) is 6.46. The number of rotatable bonds is 6. The summed E-state index contributed by atoms with van der Waals surface area (Å²) in [5, 5.41) is 0.460. The molecule has 0 aromatic heterocycles. The van der Waals surface area contributed by atoms with E-state index in [1.54, 1.807) is 26.4 Å². The first-order chi connectivity index (χ1) is 15.5. The van der Waals surface area contributed by atoms with E-state index in [-0.39, 0.29) is 36.5 Å². The highest BCUT2D eigenvalue weighted by Gasteiger charge is 2.26. The average molecular weight is 535 g/mol. The number of carbonyl (C=O) groups is 1. The smallest absolute Gasteiger partial charge is 0.237 e. The predicted molar refractivity (Wildman–Crippen MR) is 136 cm³/mol. The maximum Gasteiger partial charge on any atom is 0.237 e. The van der Waals surface area contributed by atoms with Crippen molar-refractivity contribution >= 4 is 42.3 Å². The number of hydrogen-bond acceptors (Lipinski definition) is 5. The molecule has 4 rings (SSSR count). The van der Waals surface area contributed by atoms with Crippen molar-refractivity contribution in [3.05, 3.63) is 57.9 Å². The summed E-state index contributed by atoms with van der Waals surface area (Å²) < 4.78 is 24.9. The molecule has 2 aliphatic rings. The Labute approximate surface area is 217 Å². The van der Waals surface area contributed by atoms with Gasteiger partial charge in [-0.25, -0.2) is 4.39 Å². The monoisotopic (exact) mass is 533 g/mol. The average Bonchev–Trinajstić information content (AvgIpc) is 2.81. The van der Waals surface area contributed by atoms with Crippen molar-refractivity contribution in [3.63, 3.8) is 0 Å². The second-order valence-corrected chi connectivity index (χ2v) is 8.70. The van der Waals surface area contributed by atoms with Crippen molar-refractivity contribution in [2.24, 2.45) is 0 Å². The fraction of sp³-hybridized carbons (Fsp3) is 0.458. The fourth-order valence-electron chi connectivity index (χ4n) is 4.40. The molecule has 10 heteroatoms. The minimum Gasteiger partial charge on any atom is -0.493 e. The molecule has 0 aliphatic carbocycles. The molecule has 0 spiro atoms. The zero-order chi connectivity index (χ0) is 22.7. The second-order valence-electron chi connectivity index (χ2n) is 8.29. The minimum atomic E-state index is -0.269. The van der Waals surface area contributed by atoms with Gasteiger partial charge < -0.3 is 14.4 Å². The van der Waals surface area contributed by atoms with Crippen LogP contribution in [0.25, 0.3) is 0 Å². The van der Waals surface area contributed by atoms with E-state index < -0.39 is 0 Å². The number of hydrogen-bond donors (Lipinski definition) is 0. The lowest BCUT2D eigenvalue weighted by molar-refractivity contribution is -0.133. The molecular formula is C24H31Cl3FN3O3. The Bertz CT molecular complexity index is 967. The van der Waals surface area contributed by atoms with E-state index in [1.807, 2.05) is 17.0 Å². The lowest BCUT2D eigenvalue weighted by Crippen LogP contribution is -2.50. The molecule has 1 amide bonds. The molecule has 0 N–H and O–H groups in total. The Balaban J connectivity index is 0.00000204. The van der Waals surface area contributed by atoms with Crippen LogP contribution in [0.5, 0.6) is 11.5 Å². The number of nitrogens with zero attached hydrogens (tertiary/aromatic N) is 3. The van der Waals surface area contributed by atoms with Crippen LogP contribution in [-0.2, 0) is 24.3 Å². The normalized spacial score (nSPS) is 16.2. The molecule has 0 bridgehead atoms. The molecule has 2 aliphatic heterocycles. The van der Waals surface area contributed by atoms with E-state index in [0.29, 0.717) is 42.5 Å². The van der Waals surface area contributed by atoms with Crippen molar-refractivity contribution in [2.45, 2.75) is 19.5 Å². The van der Waals surface area contributed by atoms with Gasteiger partial charge in [0.15, 0.2) is 11.5 Å². The largest absolute Gasteiger partial charge is 0.493 e. The molecule has 1 saturated heterocycles. The molecule has 2 aromatic carbocycles. The van der Waals surface area contributed by atoms with Crippen molar-refractivity contribution in [1.82, 2.24) is 14.7 Å². The number of amides is 1. The van der Waals surface area contributed by atoms with Gasteiger partial charge in [-0.2, -0.15) is 0 Å². The summed E-state index contributed by atoms with van der Waals surface area (Å²) in [7, 11) is 3.25. The van der Waals surface area contributed by atoms with E-state index in [4.69, 9.17) is 21.1 Å². The molecule has 0 saturated carbocycles. The molecule has 0 atom stereocenters. The predicted octanol–water partition coefficient (Wildman–Crippen LogP) is 4.04. The standard InChI is InChI=1S/C24H29ClFN3O3.2ClH/c1-31-22-12-17-6-7-29(14-18(17)13-23(22)32-2)24(30)16-28-10-8-27(9-11-28)15-19-20(25)4-3-5-21(19)26;;/h3-5,12-13H,6-11,14-16H2,1-2H3;2*1H. The highest BCUT2D eigenvalue weighted by Crippen LogP contribution is 2.33. The van der Waals surface area contributed by atoms with Crippen LogP contribution < -0.4 is 9.47 Å². The van der Waals surface area contributed by atoms with Crippen LogP contribution in [0.4, 0.5) is 4.39 Å². The Morgan fingerprint density at radius 3 is 2.21 bits per heavy atom. The summed E-state index contributed by atoms with van der Waals surface area (Å²) >= 11 is 6.16. The molecule has 34 heavy (non-hydrogen) atoms. The topological polar surface area (TPSA) is 45.3 Å². The Hall–Kier alpha value is -1.77. The quantitative estimate of drug-likeness (QED) is 0.560. The van der Waals surface area contributed by atoms with Crippen LogP contribution in [-0.4, -0.2) is 74.1 Å². The number of carbonyl (C=O) groups excluding carboxylic acids is 1. The summed E-state index contributed by atoms with van der Waals surface area (Å²) in [5.41, 5.74) is 2.85. The number of halogens is 4. The summed E-state index contributed by atoms with van der Waals surface area (Å²) in [6, 6.07) is 8.77. The van der Waals surface area contributed by atoms with E-state index in [9.17, 15) is 9.18 Å². The van der Waals surface area contributed by atoms with Crippen LogP contribution in [0.3, 0.4) is 0 Å². The highest BCUT2D eigenvalue weighted by molar-refractivity contribution is 6.31. The maximum atomic E-state index is 14.1. The first-order valence-corrected chi connectivity index (χ1v) is 11.3. The van der Waals surface area contributed by atoms with Gasteiger partial charge >= 0.3 is 0 Å². The van der Waals surface area contributed by atoms with Gasteiger partial charge in [0.1, 0.15) is 5.82 Å².